The molecule has 3 aromatic heterocycles. The summed E-state index contributed by atoms with van der Waals surface area (Å²) in [5, 5.41) is 9.22. The van der Waals surface area contributed by atoms with Crippen LogP contribution in [0.25, 0.3) is 0 Å². The molecule has 162 valence electrons. The van der Waals surface area contributed by atoms with Crippen LogP contribution in [-0.4, -0.2) is 49.8 Å². The quantitative estimate of drug-likeness (QED) is 0.631. The van der Waals surface area contributed by atoms with E-state index in [-0.39, 0.29) is 23.3 Å². The van der Waals surface area contributed by atoms with Gasteiger partial charge in [0.2, 0.25) is 5.91 Å². The van der Waals surface area contributed by atoms with Gasteiger partial charge < -0.3 is 5.32 Å². The lowest BCUT2D eigenvalue weighted by atomic mass is 9.78. The van der Waals surface area contributed by atoms with Gasteiger partial charge in [0.1, 0.15) is 18.2 Å². The molecule has 3 atom stereocenters. The topological polar surface area (TPSA) is 85.1 Å². The van der Waals surface area contributed by atoms with Crippen LogP contribution in [0.4, 0.5) is 0 Å². The fourth-order valence-electron chi connectivity index (χ4n) is 5.07. The lowest BCUT2D eigenvalue weighted by Crippen LogP contribution is -2.53. The number of carbonyl (C=O) groups is 1. The Morgan fingerprint density at radius 3 is 2.94 bits per heavy atom. The number of rotatable bonds is 6. The number of hydrogen-bond donors (Lipinski definition) is 1. The van der Waals surface area contributed by atoms with E-state index < -0.39 is 6.04 Å². The van der Waals surface area contributed by atoms with Gasteiger partial charge in [-0.1, -0.05) is 12.1 Å². The number of amides is 1. The summed E-state index contributed by atoms with van der Waals surface area (Å²) in [5.74, 6) is 1.12. The van der Waals surface area contributed by atoms with Gasteiger partial charge in [-0.05, 0) is 23.9 Å². The van der Waals surface area contributed by atoms with Gasteiger partial charge in [0.15, 0.2) is 0 Å². The molecule has 2 bridgehead atoms. The molecule has 8 nitrogen and oxygen atoms in total. The van der Waals surface area contributed by atoms with Gasteiger partial charge in [-0.2, -0.15) is 5.10 Å². The molecule has 1 saturated heterocycles. The number of carbonyl (C=O) groups excluding carboxylic acids is 1. The molecular formula is C22H26N6O2S. The second-order valence-corrected chi connectivity index (χ2v) is 9.44. The summed E-state index contributed by atoms with van der Waals surface area (Å²) in [6.07, 6.45) is 3.05. The molecule has 9 heteroatoms. The van der Waals surface area contributed by atoms with Crippen molar-refractivity contribution >= 4 is 17.2 Å². The molecule has 0 aromatic carbocycles. The number of fused-ring (bicyclic) bond motifs is 4. The molecule has 1 amide bonds. The second kappa shape index (κ2) is 8.39. The van der Waals surface area contributed by atoms with E-state index >= 15 is 0 Å². The number of pyridine rings is 1. The van der Waals surface area contributed by atoms with Crippen molar-refractivity contribution in [2.45, 2.75) is 31.3 Å². The van der Waals surface area contributed by atoms with E-state index in [1.165, 1.54) is 11.2 Å². The monoisotopic (exact) mass is 438 g/mol. The van der Waals surface area contributed by atoms with Crippen LogP contribution in [0.5, 0.6) is 0 Å². The van der Waals surface area contributed by atoms with Gasteiger partial charge in [0.25, 0.3) is 5.56 Å². The number of likely N-dealkylation sites (tertiary alicyclic amines) is 1. The minimum atomic E-state index is -0.481. The minimum Gasteiger partial charge on any atom is -0.354 e. The third-order valence-corrected chi connectivity index (χ3v) is 7.27. The van der Waals surface area contributed by atoms with Crippen molar-refractivity contribution in [3.05, 3.63) is 68.8 Å². The van der Waals surface area contributed by atoms with E-state index in [1.807, 2.05) is 19.2 Å². The van der Waals surface area contributed by atoms with E-state index in [2.05, 4.69) is 37.8 Å². The van der Waals surface area contributed by atoms with Crippen molar-refractivity contribution in [3.8, 4) is 0 Å². The molecule has 0 unspecified atom stereocenters. The van der Waals surface area contributed by atoms with Gasteiger partial charge >= 0.3 is 0 Å². The number of nitrogens with zero attached hydrogens (tertiary/aromatic N) is 5. The normalized spacial score (nSPS) is 22.8. The predicted molar refractivity (Wildman–Crippen MR) is 118 cm³/mol. The summed E-state index contributed by atoms with van der Waals surface area (Å²) >= 11 is 1.76. The first-order valence-electron chi connectivity index (χ1n) is 10.7. The zero-order chi connectivity index (χ0) is 21.4. The number of piperidine rings is 1. The van der Waals surface area contributed by atoms with E-state index in [9.17, 15) is 9.59 Å². The Morgan fingerprint density at radius 1 is 1.26 bits per heavy atom. The van der Waals surface area contributed by atoms with Gasteiger partial charge in [-0.25, -0.2) is 4.98 Å². The van der Waals surface area contributed by atoms with Gasteiger partial charge in [0, 0.05) is 68.1 Å². The maximum Gasteiger partial charge on any atom is 0.251 e. The number of hydrogen-bond acceptors (Lipinski definition) is 6. The van der Waals surface area contributed by atoms with Crippen LogP contribution in [0.3, 0.4) is 0 Å². The third-order valence-electron chi connectivity index (χ3n) is 6.40. The summed E-state index contributed by atoms with van der Waals surface area (Å²) in [6.45, 7) is 3.09. The molecular weight excluding hydrogens is 412 g/mol. The highest BCUT2D eigenvalue weighted by molar-refractivity contribution is 7.09. The van der Waals surface area contributed by atoms with Crippen molar-refractivity contribution in [2.24, 2.45) is 13.0 Å². The molecule has 31 heavy (non-hydrogen) atoms. The van der Waals surface area contributed by atoms with Gasteiger partial charge in [0.05, 0.1) is 0 Å². The number of aromatic nitrogens is 4. The molecule has 0 spiro atoms. The number of thiophene rings is 1. The molecule has 5 heterocycles. The third kappa shape index (κ3) is 3.95. The maximum absolute atomic E-state index is 13.3. The van der Waals surface area contributed by atoms with E-state index in [0.29, 0.717) is 13.0 Å². The van der Waals surface area contributed by atoms with Crippen LogP contribution in [0.2, 0.25) is 0 Å². The Hall–Kier alpha value is -2.78. The molecule has 0 saturated carbocycles. The Kier molecular flexibility index (Phi) is 5.45. The first kappa shape index (κ1) is 20.1. The van der Waals surface area contributed by atoms with Crippen LogP contribution in [0.15, 0.2) is 46.8 Å². The average molecular weight is 439 g/mol. The second-order valence-electron chi connectivity index (χ2n) is 8.41. The number of nitrogens with one attached hydrogen (secondary N) is 1. The van der Waals surface area contributed by atoms with Crippen LogP contribution in [0, 0.1) is 5.92 Å². The summed E-state index contributed by atoms with van der Waals surface area (Å²) in [6, 6.07) is 9.14. The summed E-state index contributed by atoms with van der Waals surface area (Å²) in [7, 11) is 1.84. The standard InChI is InChI=1S/C22H26N6O2S/c1-26-19(24-14-25-26)7-8-23-22(30)21-16-10-15(18-5-2-6-20(29)28(18)21)11-27(12-16)13-17-4-3-9-31-17/h2-6,9,14-16,21H,7-8,10-13H2,1H3,(H,23,30)/t15-,16+,21-/m1/s1. The zero-order valence-electron chi connectivity index (χ0n) is 17.5. The van der Waals surface area contributed by atoms with Gasteiger partial charge in [-0.15, -0.1) is 11.3 Å². The molecule has 0 radical (unpaired) electrons. The molecule has 0 aliphatic carbocycles. The van der Waals surface area contributed by atoms with Crippen molar-refractivity contribution in [2.75, 3.05) is 19.6 Å². The molecule has 5 rings (SSSR count). The highest BCUT2D eigenvalue weighted by Gasteiger charge is 2.43. The van der Waals surface area contributed by atoms with Crippen molar-refractivity contribution in [1.29, 1.82) is 0 Å². The summed E-state index contributed by atoms with van der Waals surface area (Å²) < 4.78 is 3.46. The minimum absolute atomic E-state index is 0.0851. The zero-order valence-corrected chi connectivity index (χ0v) is 18.3. The first-order chi connectivity index (χ1) is 15.1. The van der Waals surface area contributed by atoms with E-state index in [1.54, 1.807) is 26.7 Å². The SMILES string of the molecule is Cn1ncnc1CCNC(=O)[C@H]1[C@H]2C[C@H](CN(Cc3cccs3)C2)c2cccc(=O)n21. The summed E-state index contributed by atoms with van der Waals surface area (Å²) in [4.78, 5) is 34.1. The molecule has 1 fully saturated rings. The first-order valence-corrected chi connectivity index (χ1v) is 11.5. The van der Waals surface area contributed by atoms with Crippen LogP contribution < -0.4 is 10.9 Å². The van der Waals surface area contributed by atoms with Gasteiger partial charge in [-0.3, -0.25) is 23.7 Å². The van der Waals surface area contributed by atoms with Crippen LogP contribution in [-0.2, 0) is 24.8 Å². The van der Waals surface area contributed by atoms with Crippen molar-refractivity contribution in [3.63, 3.8) is 0 Å². The fourth-order valence-corrected chi connectivity index (χ4v) is 5.81. The highest BCUT2D eigenvalue weighted by atomic mass is 32.1. The van der Waals surface area contributed by atoms with Crippen molar-refractivity contribution in [1.82, 2.24) is 29.5 Å². The molecule has 2 aliphatic rings. The molecule has 1 N–H and O–H groups in total. The maximum atomic E-state index is 13.3. The van der Waals surface area contributed by atoms with Crippen LogP contribution >= 0.6 is 11.3 Å². The van der Waals surface area contributed by atoms with E-state index in [4.69, 9.17) is 0 Å². The Morgan fingerprint density at radius 2 is 2.16 bits per heavy atom. The lowest BCUT2D eigenvalue weighted by Gasteiger charge is -2.46. The van der Waals surface area contributed by atoms with Crippen LogP contribution in [0.1, 0.15) is 34.8 Å². The Bertz CT molecular complexity index is 1120. The number of aryl methyl sites for hydroxylation is 1. The summed E-state index contributed by atoms with van der Waals surface area (Å²) in [5.41, 5.74) is 0.889. The average Bonchev–Trinajstić information content (AvgIpc) is 3.41. The largest absolute Gasteiger partial charge is 0.354 e. The fraction of sp³-hybridized carbons (Fsp3) is 0.455. The smallest absolute Gasteiger partial charge is 0.251 e. The molecule has 2 aliphatic heterocycles. The van der Waals surface area contributed by atoms with E-state index in [0.717, 1.165) is 37.6 Å². The molecule has 3 aromatic rings. The highest BCUT2D eigenvalue weighted by Crippen LogP contribution is 2.41. The lowest BCUT2D eigenvalue weighted by molar-refractivity contribution is -0.127. The predicted octanol–water partition coefficient (Wildman–Crippen LogP) is 1.56. The Labute approximate surface area is 184 Å². The van der Waals surface area contributed by atoms with Crippen molar-refractivity contribution < 1.29 is 4.79 Å². The Balaban J connectivity index is 1.37.